The van der Waals surface area contributed by atoms with Gasteiger partial charge in [-0.3, -0.25) is 4.79 Å². The zero-order valence-corrected chi connectivity index (χ0v) is 12.2. The van der Waals surface area contributed by atoms with Gasteiger partial charge in [-0.2, -0.15) is 0 Å². The summed E-state index contributed by atoms with van der Waals surface area (Å²) in [6.07, 6.45) is 2.73. The third-order valence-corrected chi connectivity index (χ3v) is 4.30. The van der Waals surface area contributed by atoms with Crippen LogP contribution in [0.5, 0.6) is 0 Å². The second-order valence-corrected chi connectivity index (χ2v) is 5.87. The molecule has 2 aliphatic heterocycles. The Labute approximate surface area is 122 Å². The van der Waals surface area contributed by atoms with Crippen LogP contribution in [-0.4, -0.2) is 46.8 Å². The van der Waals surface area contributed by atoms with Crippen LogP contribution in [-0.2, 0) is 24.2 Å². The first-order chi connectivity index (χ1) is 10.1. The van der Waals surface area contributed by atoms with Gasteiger partial charge in [0.25, 0.3) is 5.56 Å². The van der Waals surface area contributed by atoms with Crippen molar-refractivity contribution in [1.29, 1.82) is 0 Å². The molecule has 0 radical (unpaired) electrons. The first-order valence-corrected chi connectivity index (χ1v) is 7.35. The Morgan fingerprint density at radius 2 is 2.33 bits per heavy atom. The van der Waals surface area contributed by atoms with Crippen molar-refractivity contribution in [2.24, 2.45) is 0 Å². The van der Waals surface area contributed by atoms with Gasteiger partial charge in [0.15, 0.2) is 0 Å². The highest BCUT2D eigenvalue weighted by molar-refractivity contribution is 5.87. The van der Waals surface area contributed by atoms with Gasteiger partial charge in [0.2, 0.25) is 0 Å². The zero-order valence-electron chi connectivity index (χ0n) is 12.2. The third-order valence-electron chi connectivity index (χ3n) is 4.30. The number of rotatable bonds is 3. The summed E-state index contributed by atoms with van der Waals surface area (Å²) in [4.78, 5) is 25.9. The molecular formula is C15H20N2O4. The number of pyridine rings is 1. The largest absolute Gasteiger partial charge is 0.477 e. The summed E-state index contributed by atoms with van der Waals surface area (Å²) in [6, 6.07) is 1.54. The number of hydrogen-bond donors (Lipinski definition) is 1. The minimum atomic E-state index is -1.16. The molecule has 0 amide bonds. The van der Waals surface area contributed by atoms with E-state index < -0.39 is 11.5 Å². The number of fused-ring (bicyclic) bond motifs is 1. The van der Waals surface area contributed by atoms with E-state index in [0.29, 0.717) is 13.1 Å². The molecule has 1 N–H and O–H groups in total. The lowest BCUT2D eigenvalue weighted by Crippen LogP contribution is -2.38. The van der Waals surface area contributed by atoms with Gasteiger partial charge >= 0.3 is 5.97 Å². The molecule has 0 aliphatic carbocycles. The lowest BCUT2D eigenvalue weighted by atomic mass is 10.0. The summed E-state index contributed by atoms with van der Waals surface area (Å²) in [5.41, 5.74) is 1.38. The fraction of sp³-hybridized carbons (Fsp3) is 0.600. The molecule has 2 aliphatic rings. The molecular weight excluding hydrogens is 272 g/mol. The Hall–Kier alpha value is -1.66. The molecule has 0 bridgehead atoms. The van der Waals surface area contributed by atoms with Crippen molar-refractivity contribution < 1.29 is 14.6 Å². The summed E-state index contributed by atoms with van der Waals surface area (Å²) in [5, 5.41) is 9.26. The van der Waals surface area contributed by atoms with Crippen LogP contribution in [0.2, 0.25) is 0 Å². The predicted octanol–water partition coefficient (Wildman–Crippen LogP) is 0.713. The minimum absolute atomic E-state index is 0.0236. The average molecular weight is 292 g/mol. The van der Waals surface area contributed by atoms with Crippen molar-refractivity contribution in [1.82, 2.24) is 9.47 Å². The Bertz CT molecular complexity index is 617. The monoisotopic (exact) mass is 292 g/mol. The number of nitrogens with zero attached hydrogens (tertiary/aromatic N) is 2. The van der Waals surface area contributed by atoms with Crippen LogP contribution in [0.4, 0.5) is 0 Å². The average Bonchev–Trinajstić information content (AvgIpc) is 2.94. The maximum absolute atomic E-state index is 12.5. The molecule has 0 spiro atoms. The van der Waals surface area contributed by atoms with Gasteiger partial charge in [0.05, 0.1) is 12.6 Å². The maximum Gasteiger partial charge on any atom is 0.341 e. The van der Waals surface area contributed by atoms with Crippen molar-refractivity contribution in [3.05, 3.63) is 33.2 Å². The second kappa shape index (κ2) is 5.61. The minimum Gasteiger partial charge on any atom is -0.477 e. The molecule has 3 rings (SSSR count). The van der Waals surface area contributed by atoms with Crippen molar-refractivity contribution in [3.63, 3.8) is 0 Å². The molecule has 1 fully saturated rings. The van der Waals surface area contributed by atoms with Crippen LogP contribution in [0.25, 0.3) is 0 Å². The van der Waals surface area contributed by atoms with Gasteiger partial charge in [-0.05, 0) is 31.5 Å². The molecule has 0 saturated carbocycles. The number of likely N-dealkylation sites (N-methyl/N-ethyl adjacent to an activating group) is 1. The van der Waals surface area contributed by atoms with E-state index in [4.69, 9.17) is 4.74 Å². The Morgan fingerprint density at radius 3 is 3.00 bits per heavy atom. The van der Waals surface area contributed by atoms with E-state index in [1.54, 1.807) is 10.6 Å². The number of ether oxygens (including phenoxy) is 1. The Balaban J connectivity index is 2.06. The van der Waals surface area contributed by atoms with Crippen LogP contribution in [0.15, 0.2) is 10.9 Å². The SMILES string of the molecule is CN1CCc2c(cc(C(=O)O)c(=O)n2CC2CCCO2)C1. The quantitative estimate of drug-likeness (QED) is 0.888. The van der Waals surface area contributed by atoms with Crippen molar-refractivity contribution in [3.8, 4) is 0 Å². The van der Waals surface area contributed by atoms with E-state index in [1.807, 2.05) is 7.05 Å². The van der Waals surface area contributed by atoms with Crippen molar-refractivity contribution in [2.45, 2.75) is 38.5 Å². The first-order valence-electron chi connectivity index (χ1n) is 7.35. The predicted molar refractivity (Wildman–Crippen MR) is 76.7 cm³/mol. The number of carbonyl (C=O) groups is 1. The van der Waals surface area contributed by atoms with Gasteiger partial charge < -0.3 is 19.3 Å². The number of aromatic nitrogens is 1. The standard InChI is InChI=1S/C15H20N2O4/c1-16-5-4-13-10(8-16)7-12(15(19)20)14(18)17(13)9-11-3-2-6-21-11/h7,11H,2-6,8-9H2,1H3,(H,19,20). The second-order valence-electron chi connectivity index (χ2n) is 5.87. The molecule has 1 atom stereocenters. The molecule has 6 nitrogen and oxygen atoms in total. The number of aromatic carboxylic acids is 1. The van der Waals surface area contributed by atoms with Crippen LogP contribution in [0.1, 0.15) is 34.5 Å². The van der Waals surface area contributed by atoms with Gasteiger partial charge in [0, 0.05) is 31.8 Å². The number of carboxylic acid groups (broad SMARTS) is 1. The lowest BCUT2D eigenvalue weighted by molar-refractivity contribution is 0.0690. The van der Waals surface area contributed by atoms with Crippen molar-refractivity contribution >= 4 is 5.97 Å². The van der Waals surface area contributed by atoms with Gasteiger partial charge in [-0.15, -0.1) is 0 Å². The van der Waals surface area contributed by atoms with Crippen molar-refractivity contribution in [2.75, 3.05) is 20.2 Å². The van der Waals surface area contributed by atoms with Crippen LogP contribution in [0.3, 0.4) is 0 Å². The Kier molecular flexibility index (Phi) is 3.82. The molecule has 1 saturated heterocycles. The normalized spacial score (nSPS) is 22.2. The summed E-state index contributed by atoms with van der Waals surface area (Å²) in [6.45, 7) is 2.75. The zero-order chi connectivity index (χ0) is 15.0. The van der Waals surface area contributed by atoms with E-state index in [0.717, 1.165) is 43.7 Å². The molecule has 21 heavy (non-hydrogen) atoms. The highest BCUT2D eigenvalue weighted by atomic mass is 16.5. The van der Waals surface area contributed by atoms with Crippen LogP contribution in [0, 0.1) is 0 Å². The molecule has 1 aromatic heterocycles. The molecule has 3 heterocycles. The van der Waals surface area contributed by atoms with E-state index >= 15 is 0 Å². The fourth-order valence-corrected chi connectivity index (χ4v) is 3.20. The highest BCUT2D eigenvalue weighted by Crippen LogP contribution is 2.20. The van der Waals surface area contributed by atoms with E-state index in [2.05, 4.69) is 4.90 Å². The maximum atomic E-state index is 12.5. The van der Waals surface area contributed by atoms with Gasteiger partial charge in [-0.1, -0.05) is 0 Å². The topological polar surface area (TPSA) is 71.8 Å². The first kappa shape index (κ1) is 14.3. The molecule has 0 aromatic carbocycles. The van der Waals surface area contributed by atoms with E-state index in [1.165, 1.54) is 0 Å². The van der Waals surface area contributed by atoms with Crippen LogP contribution >= 0.6 is 0 Å². The Morgan fingerprint density at radius 1 is 1.52 bits per heavy atom. The fourth-order valence-electron chi connectivity index (χ4n) is 3.20. The molecule has 6 heteroatoms. The molecule has 114 valence electrons. The summed E-state index contributed by atoms with van der Waals surface area (Å²) in [7, 11) is 2.00. The molecule has 1 aromatic rings. The van der Waals surface area contributed by atoms with Gasteiger partial charge in [-0.25, -0.2) is 4.79 Å². The summed E-state index contributed by atoms with van der Waals surface area (Å²) < 4.78 is 7.25. The van der Waals surface area contributed by atoms with Crippen LogP contribution < -0.4 is 5.56 Å². The summed E-state index contributed by atoms with van der Waals surface area (Å²) in [5.74, 6) is -1.16. The van der Waals surface area contributed by atoms with E-state index in [9.17, 15) is 14.7 Å². The van der Waals surface area contributed by atoms with E-state index in [-0.39, 0.29) is 11.7 Å². The van der Waals surface area contributed by atoms with Gasteiger partial charge in [0.1, 0.15) is 5.56 Å². The highest BCUT2D eigenvalue weighted by Gasteiger charge is 2.25. The summed E-state index contributed by atoms with van der Waals surface area (Å²) >= 11 is 0. The number of carboxylic acids is 1. The lowest BCUT2D eigenvalue weighted by Gasteiger charge is -2.28. The molecule has 1 unspecified atom stereocenters. The third kappa shape index (κ3) is 2.73. The number of hydrogen-bond acceptors (Lipinski definition) is 4. The smallest absolute Gasteiger partial charge is 0.341 e.